The van der Waals surface area contributed by atoms with Gasteiger partial charge in [-0.15, -0.1) is 0 Å². The number of hydrogen-bond acceptors (Lipinski definition) is 6. The molecule has 2 aromatic rings. The quantitative estimate of drug-likeness (QED) is 0.494. The van der Waals surface area contributed by atoms with Crippen molar-refractivity contribution >= 4 is 38.7 Å². The summed E-state index contributed by atoms with van der Waals surface area (Å²) in [7, 11) is -4.22. The van der Waals surface area contributed by atoms with Crippen molar-refractivity contribution in [3.63, 3.8) is 0 Å². The molecule has 8 nitrogen and oxygen atoms in total. The highest BCUT2D eigenvalue weighted by Gasteiger charge is 2.21. The second kappa shape index (κ2) is 7.64. The molecule has 2 aromatic carbocycles. The number of benzene rings is 2. The van der Waals surface area contributed by atoms with E-state index in [-0.39, 0.29) is 40.1 Å². The number of sulfonamides is 1. The van der Waals surface area contributed by atoms with Crippen molar-refractivity contribution in [2.75, 3.05) is 23.2 Å². The van der Waals surface area contributed by atoms with Crippen LogP contribution >= 0.6 is 11.6 Å². The summed E-state index contributed by atoms with van der Waals surface area (Å²) in [6.45, 7) is -0.128. The number of rotatable bonds is 7. The molecular formula is C14H13ClFN3O5S. The Morgan fingerprint density at radius 1 is 1.20 bits per heavy atom. The van der Waals surface area contributed by atoms with Crippen LogP contribution in [0, 0.1) is 15.9 Å². The zero-order valence-corrected chi connectivity index (χ0v) is 14.1. The maximum absolute atomic E-state index is 13.1. The number of nitro groups is 1. The number of nitro benzene ring substituents is 1. The lowest BCUT2D eigenvalue weighted by atomic mass is 10.2. The first kappa shape index (κ1) is 18.9. The molecule has 134 valence electrons. The van der Waals surface area contributed by atoms with E-state index in [4.69, 9.17) is 16.7 Å². The number of anilines is 2. The van der Waals surface area contributed by atoms with Crippen LogP contribution in [0.25, 0.3) is 0 Å². The van der Waals surface area contributed by atoms with Crippen molar-refractivity contribution in [1.82, 2.24) is 0 Å². The molecule has 3 N–H and O–H groups in total. The minimum Gasteiger partial charge on any atom is -0.395 e. The van der Waals surface area contributed by atoms with E-state index in [2.05, 4.69) is 10.0 Å². The normalized spacial score (nSPS) is 11.2. The third-order valence-electron chi connectivity index (χ3n) is 3.07. The topological polar surface area (TPSA) is 122 Å². The lowest BCUT2D eigenvalue weighted by Gasteiger charge is -2.14. The zero-order chi connectivity index (χ0) is 18.6. The Morgan fingerprint density at radius 2 is 1.92 bits per heavy atom. The van der Waals surface area contributed by atoms with Gasteiger partial charge in [0.1, 0.15) is 10.7 Å². The molecule has 0 aliphatic heterocycles. The zero-order valence-electron chi connectivity index (χ0n) is 12.6. The van der Waals surface area contributed by atoms with Gasteiger partial charge in [-0.1, -0.05) is 11.6 Å². The van der Waals surface area contributed by atoms with Gasteiger partial charge in [0.2, 0.25) is 0 Å². The molecule has 0 amide bonds. The van der Waals surface area contributed by atoms with Gasteiger partial charge in [-0.25, -0.2) is 12.8 Å². The largest absolute Gasteiger partial charge is 0.395 e. The third-order valence-corrected chi connectivity index (χ3v) is 4.92. The Balaban J connectivity index is 2.45. The number of halogens is 2. The molecule has 11 heteroatoms. The van der Waals surface area contributed by atoms with Crippen LogP contribution in [0.3, 0.4) is 0 Å². The average Bonchev–Trinajstić information content (AvgIpc) is 2.52. The van der Waals surface area contributed by atoms with Crippen molar-refractivity contribution in [1.29, 1.82) is 0 Å². The summed E-state index contributed by atoms with van der Waals surface area (Å²) in [4.78, 5) is 9.85. The van der Waals surface area contributed by atoms with Crippen molar-refractivity contribution in [3.05, 3.63) is 57.4 Å². The van der Waals surface area contributed by atoms with Gasteiger partial charge in [-0.2, -0.15) is 0 Å². The second-order valence-electron chi connectivity index (χ2n) is 4.82. The number of aliphatic hydroxyl groups is 1. The van der Waals surface area contributed by atoms with Gasteiger partial charge < -0.3 is 10.4 Å². The van der Waals surface area contributed by atoms with Crippen LogP contribution in [0.4, 0.5) is 21.5 Å². The predicted octanol–water partition coefficient (Wildman–Crippen LogP) is 2.59. The number of nitrogens with zero attached hydrogens (tertiary/aromatic N) is 1. The highest BCUT2D eigenvalue weighted by Crippen LogP contribution is 2.31. The van der Waals surface area contributed by atoms with Crippen LogP contribution in [0.15, 0.2) is 41.3 Å². The molecule has 0 heterocycles. The Kier molecular flexibility index (Phi) is 5.77. The molecule has 0 spiro atoms. The number of aliphatic hydroxyl groups excluding tert-OH is 1. The lowest BCUT2D eigenvalue weighted by molar-refractivity contribution is -0.384. The molecule has 0 aromatic heterocycles. The van der Waals surface area contributed by atoms with Crippen LogP contribution in [0.5, 0.6) is 0 Å². The first-order valence-corrected chi connectivity index (χ1v) is 8.72. The summed E-state index contributed by atoms with van der Waals surface area (Å²) < 4.78 is 40.2. The van der Waals surface area contributed by atoms with E-state index in [1.807, 2.05) is 0 Å². The van der Waals surface area contributed by atoms with Crippen LogP contribution in [-0.4, -0.2) is 31.6 Å². The third kappa shape index (κ3) is 4.56. The molecule has 0 fully saturated rings. The van der Waals surface area contributed by atoms with Crippen molar-refractivity contribution in [3.8, 4) is 0 Å². The number of nitrogens with one attached hydrogen (secondary N) is 2. The molecule has 0 unspecified atom stereocenters. The fourth-order valence-corrected chi connectivity index (χ4v) is 3.57. The van der Waals surface area contributed by atoms with E-state index in [9.17, 15) is 22.9 Å². The van der Waals surface area contributed by atoms with E-state index in [1.54, 1.807) is 0 Å². The van der Waals surface area contributed by atoms with Crippen molar-refractivity contribution < 1.29 is 22.8 Å². The SMILES string of the molecule is O=[N+]([O-])c1ccc(NCCO)c(NS(=O)(=O)c2ccc(F)cc2Cl)c1. The summed E-state index contributed by atoms with van der Waals surface area (Å²) in [6.07, 6.45) is 0. The molecule has 0 bridgehead atoms. The predicted molar refractivity (Wildman–Crippen MR) is 90.9 cm³/mol. The maximum atomic E-state index is 13.1. The molecule has 25 heavy (non-hydrogen) atoms. The first-order valence-electron chi connectivity index (χ1n) is 6.85. The van der Waals surface area contributed by atoms with Gasteiger partial charge in [-0.05, 0) is 24.3 Å². The van der Waals surface area contributed by atoms with Crippen LogP contribution < -0.4 is 10.0 Å². The minimum absolute atomic E-state index is 0.101. The summed E-state index contributed by atoms with van der Waals surface area (Å²) in [5.41, 5.74) is -0.220. The van der Waals surface area contributed by atoms with Crippen molar-refractivity contribution in [2.24, 2.45) is 0 Å². The van der Waals surface area contributed by atoms with E-state index in [0.717, 1.165) is 24.3 Å². The standard InChI is InChI=1S/C14H13ClFN3O5S/c15-11-7-9(16)1-4-14(11)25(23,24)18-13-8-10(19(21)22)2-3-12(13)17-5-6-20/h1-4,7-8,17-18,20H,5-6H2. The monoisotopic (exact) mass is 389 g/mol. The minimum atomic E-state index is -4.22. The van der Waals surface area contributed by atoms with Crippen LogP contribution in [0.2, 0.25) is 5.02 Å². The van der Waals surface area contributed by atoms with Crippen molar-refractivity contribution in [2.45, 2.75) is 4.90 Å². The summed E-state index contributed by atoms with van der Waals surface area (Å²) >= 11 is 5.77. The van der Waals surface area contributed by atoms with E-state index in [0.29, 0.717) is 0 Å². The highest BCUT2D eigenvalue weighted by molar-refractivity contribution is 7.92. The van der Waals surface area contributed by atoms with Gasteiger partial charge in [-0.3, -0.25) is 14.8 Å². The molecule has 2 rings (SSSR count). The van der Waals surface area contributed by atoms with Gasteiger partial charge >= 0.3 is 0 Å². The summed E-state index contributed by atoms with van der Waals surface area (Å²) in [5, 5.41) is 22.2. The Morgan fingerprint density at radius 3 is 2.52 bits per heavy atom. The second-order valence-corrected chi connectivity index (χ2v) is 6.88. The van der Waals surface area contributed by atoms with Crippen LogP contribution in [0.1, 0.15) is 0 Å². The maximum Gasteiger partial charge on any atom is 0.271 e. The Labute approximate surface area is 147 Å². The molecule has 0 aliphatic rings. The number of non-ortho nitro benzene ring substituents is 1. The van der Waals surface area contributed by atoms with E-state index in [1.165, 1.54) is 12.1 Å². The smallest absolute Gasteiger partial charge is 0.271 e. The Bertz CT molecular complexity index is 907. The lowest BCUT2D eigenvalue weighted by Crippen LogP contribution is -2.16. The highest BCUT2D eigenvalue weighted by atomic mass is 35.5. The molecular weight excluding hydrogens is 377 g/mol. The van der Waals surface area contributed by atoms with Gasteiger partial charge in [0.25, 0.3) is 15.7 Å². The summed E-state index contributed by atoms with van der Waals surface area (Å²) in [5.74, 6) is -0.704. The van der Waals surface area contributed by atoms with Crippen LogP contribution in [-0.2, 0) is 10.0 Å². The van der Waals surface area contributed by atoms with Gasteiger partial charge in [0, 0.05) is 18.7 Å². The Hall–Kier alpha value is -2.43. The van der Waals surface area contributed by atoms with E-state index >= 15 is 0 Å². The summed E-state index contributed by atoms with van der Waals surface area (Å²) in [6, 6.07) is 6.26. The molecule has 0 atom stereocenters. The van der Waals surface area contributed by atoms with E-state index < -0.39 is 20.8 Å². The number of hydrogen-bond donors (Lipinski definition) is 3. The fourth-order valence-electron chi connectivity index (χ4n) is 1.97. The molecule has 0 saturated heterocycles. The molecule has 0 radical (unpaired) electrons. The average molecular weight is 390 g/mol. The first-order chi connectivity index (χ1) is 11.7. The van der Waals surface area contributed by atoms with Gasteiger partial charge in [0.05, 0.1) is 27.9 Å². The molecule has 0 saturated carbocycles. The fraction of sp³-hybridized carbons (Fsp3) is 0.143. The molecule has 0 aliphatic carbocycles. The van der Waals surface area contributed by atoms with Gasteiger partial charge in [0.15, 0.2) is 0 Å².